The van der Waals surface area contributed by atoms with Crippen molar-refractivity contribution < 1.29 is 14.7 Å². The van der Waals surface area contributed by atoms with Crippen molar-refractivity contribution in [2.24, 2.45) is 7.05 Å². The van der Waals surface area contributed by atoms with Gasteiger partial charge in [-0.1, -0.05) is 6.08 Å². The highest BCUT2D eigenvalue weighted by Crippen LogP contribution is 2.10. The molecule has 98 valence electrons. The summed E-state index contributed by atoms with van der Waals surface area (Å²) in [6.45, 7) is 3.63. The molecule has 0 spiro atoms. The van der Waals surface area contributed by atoms with Crippen LogP contribution in [0.4, 0.5) is 0 Å². The monoisotopic (exact) mass is 251 g/mol. The Bertz CT molecular complexity index is 440. The Balaban J connectivity index is 2.41. The summed E-state index contributed by atoms with van der Waals surface area (Å²) in [5, 5.41) is 14.5. The Hall–Kier alpha value is -2.08. The van der Waals surface area contributed by atoms with Crippen LogP contribution in [-0.2, 0) is 16.6 Å². The van der Waals surface area contributed by atoms with E-state index in [-0.39, 0.29) is 13.1 Å². The second-order valence-electron chi connectivity index (χ2n) is 3.77. The molecule has 0 radical (unpaired) electrons. The molecule has 6 heteroatoms. The summed E-state index contributed by atoms with van der Waals surface area (Å²) < 4.78 is 1.74. The largest absolute Gasteiger partial charge is 0.385 e. The Morgan fingerprint density at radius 2 is 2.17 bits per heavy atom. The van der Waals surface area contributed by atoms with E-state index in [0.29, 0.717) is 5.69 Å². The minimum atomic E-state index is -0.846. The van der Waals surface area contributed by atoms with Crippen molar-refractivity contribution in [1.29, 1.82) is 0 Å². The summed E-state index contributed by atoms with van der Waals surface area (Å²) in [4.78, 5) is 22.5. The van der Waals surface area contributed by atoms with Gasteiger partial charge in [0.05, 0.1) is 0 Å². The van der Waals surface area contributed by atoms with E-state index in [1.54, 1.807) is 29.9 Å². The molecule has 0 aromatic carbocycles. The fraction of sp³-hybridized carbons (Fsp3) is 0.333. The summed E-state index contributed by atoms with van der Waals surface area (Å²) in [5.41, 5.74) is 0.668. The van der Waals surface area contributed by atoms with Crippen molar-refractivity contribution in [3.8, 4) is 0 Å². The number of rotatable bonds is 5. The molecule has 0 saturated heterocycles. The van der Waals surface area contributed by atoms with Gasteiger partial charge >= 0.3 is 11.8 Å². The molecule has 3 N–H and O–H groups in total. The number of aliphatic hydroxyl groups is 1. The quantitative estimate of drug-likeness (QED) is 0.486. The average molecular weight is 251 g/mol. The summed E-state index contributed by atoms with van der Waals surface area (Å²) in [6.07, 6.45) is 2.42. The first-order valence-electron chi connectivity index (χ1n) is 5.52. The molecule has 0 fully saturated rings. The Morgan fingerprint density at radius 3 is 2.72 bits per heavy atom. The molecule has 0 aliphatic rings. The lowest BCUT2D eigenvalue weighted by molar-refractivity contribution is -0.139. The number of carbonyl (C=O) groups is 2. The maximum atomic E-state index is 11.3. The first kappa shape index (κ1) is 14.0. The van der Waals surface area contributed by atoms with Crippen molar-refractivity contribution in [2.45, 2.75) is 6.10 Å². The number of nitrogens with zero attached hydrogens (tertiary/aromatic N) is 1. The number of carbonyl (C=O) groups excluding carboxylic acids is 2. The Kier molecular flexibility index (Phi) is 5.13. The molecule has 1 unspecified atom stereocenters. The fourth-order valence-corrected chi connectivity index (χ4v) is 1.44. The lowest BCUT2D eigenvalue weighted by atomic mass is 10.2. The number of aromatic nitrogens is 1. The van der Waals surface area contributed by atoms with Gasteiger partial charge in [0.15, 0.2) is 0 Å². The number of hydrogen-bond acceptors (Lipinski definition) is 3. The predicted octanol–water partition coefficient (Wildman–Crippen LogP) is -0.523. The molecule has 1 heterocycles. The van der Waals surface area contributed by atoms with Gasteiger partial charge in [0.1, 0.15) is 6.10 Å². The van der Waals surface area contributed by atoms with Gasteiger partial charge in [-0.2, -0.15) is 0 Å². The van der Waals surface area contributed by atoms with E-state index < -0.39 is 17.9 Å². The summed E-state index contributed by atoms with van der Waals surface area (Å²) in [5.74, 6) is -1.51. The lowest BCUT2D eigenvalue weighted by Gasteiger charge is -2.12. The van der Waals surface area contributed by atoms with Gasteiger partial charge in [0, 0.05) is 32.0 Å². The third kappa shape index (κ3) is 3.74. The zero-order valence-electron chi connectivity index (χ0n) is 10.2. The van der Waals surface area contributed by atoms with E-state index in [1.807, 2.05) is 0 Å². The molecule has 1 aromatic heterocycles. The van der Waals surface area contributed by atoms with Crippen LogP contribution in [0.25, 0.3) is 0 Å². The van der Waals surface area contributed by atoms with Crippen molar-refractivity contribution in [1.82, 2.24) is 15.2 Å². The molecular weight excluding hydrogens is 234 g/mol. The van der Waals surface area contributed by atoms with Crippen molar-refractivity contribution in [3.05, 3.63) is 36.7 Å². The second-order valence-corrected chi connectivity index (χ2v) is 3.77. The van der Waals surface area contributed by atoms with E-state index >= 15 is 0 Å². The van der Waals surface area contributed by atoms with E-state index in [2.05, 4.69) is 17.2 Å². The van der Waals surface area contributed by atoms with Crippen molar-refractivity contribution in [2.75, 3.05) is 13.1 Å². The molecule has 6 nitrogen and oxygen atoms in total. The molecule has 1 rings (SSSR count). The van der Waals surface area contributed by atoms with Gasteiger partial charge in [0.2, 0.25) is 0 Å². The van der Waals surface area contributed by atoms with Crippen molar-refractivity contribution in [3.63, 3.8) is 0 Å². The highest BCUT2D eigenvalue weighted by atomic mass is 16.3. The molecule has 0 saturated carbocycles. The highest BCUT2D eigenvalue weighted by Gasteiger charge is 2.15. The number of aryl methyl sites for hydroxylation is 1. The number of nitrogens with one attached hydrogen (secondary N) is 2. The van der Waals surface area contributed by atoms with Crippen LogP contribution in [-0.4, -0.2) is 34.6 Å². The van der Waals surface area contributed by atoms with E-state index in [0.717, 1.165) is 0 Å². The molecule has 0 aliphatic heterocycles. The van der Waals surface area contributed by atoms with Crippen LogP contribution in [0.1, 0.15) is 11.8 Å². The standard InChI is InChI=1S/C12H17N3O3/c1-3-6-13-11(17)12(18)14-8-10(16)9-5-4-7-15(9)2/h3-5,7,10,16H,1,6,8H2,2H3,(H,13,17)(H,14,18). The van der Waals surface area contributed by atoms with Gasteiger partial charge in [-0.05, 0) is 12.1 Å². The average Bonchev–Trinajstić information content (AvgIpc) is 2.78. The smallest absolute Gasteiger partial charge is 0.309 e. The first-order chi connectivity index (χ1) is 8.56. The maximum Gasteiger partial charge on any atom is 0.309 e. The molecule has 1 atom stereocenters. The highest BCUT2D eigenvalue weighted by molar-refractivity contribution is 6.35. The van der Waals surface area contributed by atoms with E-state index in [4.69, 9.17) is 0 Å². The zero-order valence-corrected chi connectivity index (χ0v) is 10.2. The lowest BCUT2D eigenvalue weighted by Crippen LogP contribution is -2.41. The number of aliphatic hydroxyl groups excluding tert-OH is 1. The van der Waals surface area contributed by atoms with Gasteiger partial charge < -0.3 is 20.3 Å². The van der Waals surface area contributed by atoms with Gasteiger partial charge in [-0.15, -0.1) is 6.58 Å². The van der Waals surface area contributed by atoms with Crippen LogP contribution in [0.15, 0.2) is 31.0 Å². The van der Waals surface area contributed by atoms with E-state index in [9.17, 15) is 14.7 Å². The van der Waals surface area contributed by atoms with Gasteiger partial charge in [0.25, 0.3) is 0 Å². The van der Waals surface area contributed by atoms with Crippen LogP contribution < -0.4 is 10.6 Å². The van der Waals surface area contributed by atoms with Crippen LogP contribution in [0, 0.1) is 0 Å². The van der Waals surface area contributed by atoms with Crippen molar-refractivity contribution >= 4 is 11.8 Å². The molecule has 18 heavy (non-hydrogen) atoms. The maximum absolute atomic E-state index is 11.3. The van der Waals surface area contributed by atoms with Gasteiger partial charge in [-0.25, -0.2) is 0 Å². The summed E-state index contributed by atoms with van der Waals surface area (Å²) in [7, 11) is 1.79. The normalized spacial score (nSPS) is 11.7. The molecule has 0 bridgehead atoms. The number of amides is 2. The molecule has 1 aromatic rings. The SMILES string of the molecule is C=CCNC(=O)C(=O)NCC(O)c1cccn1C. The third-order valence-electron chi connectivity index (χ3n) is 2.39. The zero-order chi connectivity index (χ0) is 13.5. The van der Waals surface area contributed by atoms with Crippen LogP contribution in [0.3, 0.4) is 0 Å². The fourth-order valence-electron chi connectivity index (χ4n) is 1.44. The number of hydrogen-bond donors (Lipinski definition) is 3. The topological polar surface area (TPSA) is 83.4 Å². The Morgan fingerprint density at radius 1 is 1.50 bits per heavy atom. The summed E-state index contributed by atoms with van der Waals surface area (Å²) in [6, 6.07) is 3.53. The van der Waals surface area contributed by atoms with E-state index in [1.165, 1.54) is 6.08 Å². The molecule has 2 amide bonds. The molecule has 0 aliphatic carbocycles. The minimum absolute atomic E-state index is 0.0157. The third-order valence-corrected chi connectivity index (χ3v) is 2.39. The van der Waals surface area contributed by atoms with Crippen LogP contribution in [0.5, 0.6) is 0 Å². The first-order valence-corrected chi connectivity index (χ1v) is 5.52. The summed E-state index contributed by atoms with van der Waals surface area (Å²) >= 11 is 0. The Labute approximate surface area is 105 Å². The van der Waals surface area contributed by atoms with Crippen LogP contribution in [0.2, 0.25) is 0 Å². The minimum Gasteiger partial charge on any atom is -0.385 e. The molecular formula is C12H17N3O3. The predicted molar refractivity (Wildman–Crippen MR) is 66.6 cm³/mol. The second kappa shape index (κ2) is 6.61. The van der Waals surface area contributed by atoms with Crippen LogP contribution >= 0.6 is 0 Å². The van der Waals surface area contributed by atoms with Gasteiger partial charge in [-0.3, -0.25) is 9.59 Å².